The zero-order valence-corrected chi connectivity index (χ0v) is 17.8. The van der Waals surface area contributed by atoms with Gasteiger partial charge in [-0.1, -0.05) is 0 Å². The smallest absolute Gasteiger partial charge is 0.279 e. The molecule has 4 rings (SSSR count). The van der Waals surface area contributed by atoms with Gasteiger partial charge in [0.15, 0.2) is 16.9 Å². The fourth-order valence-corrected chi connectivity index (χ4v) is 3.51. The molecule has 4 aromatic heterocycles. The zero-order chi connectivity index (χ0) is 22.3. The van der Waals surface area contributed by atoms with Crippen molar-refractivity contribution in [3.8, 4) is 6.07 Å². The maximum Gasteiger partial charge on any atom is 0.279 e. The third-order valence-electron chi connectivity index (χ3n) is 5.21. The first-order chi connectivity index (χ1) is 14.7. The maximum absolute atomic E-state index is 13.2. The van der Waals surface area contributed by atoms with Crippen LogP contribution < -0.4 is 11.1 Å². The lowest BCUT2D eigenvalue weighted by Gasteiger charge is -2.20. The highest BCUT2D eigenvalue weighted by molar-refractivity contribution is 5.79. The second kappa shape index (κ2) is 7.43. The van der Waals surface area contributed by atoms with Gasteiger partial charge in [0.1, 0.15) is 17.9 Å². The number of hydrogen-bond donors (Lipinski definition) is 0. The van der Waals surface area contributed by atoms with Gasteiger partial charge in [-0.25, -0.2) is 15.0 Å². The van der Waals surface area contributed by atoms with Gasteiger partial charge in [-0.05, 0) is 46.2 Å². The molecule has 158 valence electrons. The van der Waals surface area contributed by atoms with E-state index in [-0.39, 0.29) is 22.9 Å². The summed E-state index contributed by atoms with van der Waals surface area (Å²) >= 11 is 0. The van der Waals surface area contributed by atoms with E-state index in [0.717, 1.165) is 0 Å². The molecule has 10 nitrogen and oxygen atoms in total. The van der Waals surface area contributed by atoms with E-state index < -0.39 is 5.54 Å². The van der Waals surface area contributed by atoms with Crippen LogP contribution in [0, 0.1) is 11.3 Å². The quantitative estimate of drug-likeness (QED) is 0.496. The number of rotatable bonds is 4. The lowest BCUT2D eigenvalue weighted by atomic mass is 10.1. The largest absolute Gasteiger partial charge is 0.297 e. The van der Waals surface area contributed by atoms with E-state index in [2.05, 4.69) is 20.1 Å². The molecule has 31 heavy (non-hydrogen) atoms. The number of aromatic nitrogens is 7. The molecular weight excluding hydrogens is 396 g/mol. The van der Waals surface area contributed by atoms with Gasteiger partial charge in [0.05, 0.1) is 17.3 Å². The molecule has 1 atom stereocenters. The first-order valence-corrected chi connectivity index (χ1v) is 9.93. The highest BCUT2D eigenvalue weighted by Gasteiger charge is 2.24. The molecule has 0 bridgehead atoms. The summed E-state index contributed by atoms with van der Waals surface area (Å²) in [5.74, 6) is 0. The molecule has 0 spiro atoms. The van der Waals surface area contributed by atoms with E-state index in [1.54, 1.807) is 27.6 Å². The highest BCUT2D eigenvalue weighted by Crippen LogP contribution is 2.21. The van der Waals surface area contributed by atoms with Crippen molar-refractivity contribution in [2.75, 3.05) is 0 Å². The van der Waals surface area contributed by atoms with Crippen molar-refractivity contribution in [3.63, 3.8) is 0 Å². The Hall–Kier alpha value is -3.87. The second-order valence-electron chi connectivity index (χ2n) is 8.45. The summed E-state index contributed by atoms with van der Waals surface area (Å²) in [5.41, 5.74) is 0.212. The van der Waals surface area contributed by atoms with Gasteiger partial charge < -0.3 is 0 Å². The van der Waals surface area contributed by atoms with Gasteiger partial charge in [0, 0.05) is 18.8 Å². The summed E-state index contributed by atoms with van der Waals surface area (Å²) in [4.78, 5) is 38.6. The van der Waals surface area contributed by atoms with Gasteiger partial charge in [-0.15, -0.1) is 0 Å². The van der Waals surface area contributed by atoms with E-state index in [0.29, 0.717) is 35.0 Å². The minimum Gasteiger partial charge on any atom is -0.297 e. The molecule has 0 saturated carbocycles. The molecule has 0 aliphatic carbocycles. The van der Waals surface area contributed by atoms with Crippen molar-refractivity contribution in [3.05, 3.63) is 57.4 Å². The number of pyridine rings is 1. The van der Waals surface area contributed by atoms with Crippen LogP contribution in [0.2, 0.25) is 0 Å². The van der Waals surface area contributed by atoms with E-state index in [4.69, 9.17) is 0 Å². The first kappa shape index (κ1) is 20.4. The predicted octanol–water partition coefficient (Wildman–Crippen LogP) is 1.98. The number of aryl methyl sites for hydroxylation is 1. The minimum atomic E-state index is -0.487. The third kappa shape index (κ3) is 3.48. The van der Waals surface area contributed by atoms with Crippen LogP contribution in [0.25, 0.3) is 22.1 Å². The first-order valence-electron chi connectivity index (χ1n) is 9.93. The fourth-order valence-electron chi connectivity index (χ4n) is 3.51. The van der Waals surface area contributed by atoms with Gasteiger partial charge in [0.2, 0.25) is 0 Å². The van der Waals surface area contributed by atoms with Crippen LogP contribution in [0.5, 0.6) is 0 Å². The Kier molecular flexibility index (Phi) is 4.89. The predicted molar refractivity (Wildman–Crippen MR) is 115 cm³/mol. The molecule has 10 heteroatoms. The van der Waals surface area contributed by atoms with Crippen LogP contribution in [0.15, 0.2) is 40.6 Å². The Morgan fingerprint density at radius 3 is 2.61 bits per heavy atom. The van der Waals surface area contributed by atoms with Gasteiger partial charge in [-0.3, -0.25) is 23.4 Å². The monoisotopic (exact) mass is 418 g/mol. The molecule has 0 saturated heterocycles. The fraction of sp³-hybridized carbons (Fsp3) is 0.381. The molecule has 0 aromatic carbocycles. The molecular formula is C21H22N8O2. The van der Waals surface area contributed by atoms with Gasteiger partial charge >= 0.3 is 0 Å². The number of hydrogen-bond acceptors (Lipinski definition) is 7. The molecule has 0 fully saturated rings. The Balaban J connectivity index is 1.68. The van der Waals surface area contributed by atoms with Crippen LogP contribution in [-0.2, 0) is 12.1 Å². The van der Waals surface area contributed by atoms with Crippen molar-refractivity contribution in [1.82, 2.24) is 33.9 Å². The van der Waals surface area contributed by atoms with Crippen LogP contribution in [0.3, 0.4) is 0 Å². The second-order valence-corrected chi connectivity index (χ2v) is 8.45. The average molecular weight is 418 g/mol. The number of fused-ring (bicyclic) bond motifs is 2. The Bertz CT molecular complexity index is 1450. The van der Waals surface area contributed by atoms with Crippen molar-refractivity contribution in [1.29, 1.82) is 5.26 Å². The van der Waals surface area contributed by atoms with E-state index in [9.17, 15) is 14.9 Å². The molecule has 4 aromatic rings. The Labute approximate surface area is 177 Å². The SMILES string of the molecule is CC(CCn1cnc2c(C#N)nn(C(C)(C)C)c2c1=O)n1cnc2ncccc2c1=O. The van der Waals surface area contributed by atoms with Crippen molar-refractivity contribution >= 4 is 22.1 Å². The summed E-state index contributed by atoms with van der Waals surface area (Å²) in [6, 6.07) is 5.21. The summed E-state index contributed by atoms with van der Waals surface area (Å²) in [7, 11) is 0. The van der Waals surface area contributed by atoms with Gasteiger partial charge in [0.25, 0.3) is 11.1 Å². The molecule has 4 heterocycles. The van der Waals surface area contributed by atoms with Crippen molar-refractivity contribution in [2.24, 2.45) is 0 Å². The average Bonchev–Trinajstić information content (AvgIpc) is 3.13. The topological polar surface area (TPSA) is 124 Å². The molecule has 0 radical (unpaired) electrons. The normalized spacial score (nSPS) is 12.9. The summed E-state index contributed by atoms with van der Waals surface area (Å²) in [6.45, 7) is 7.97. The standard InChI is InChI=1S/C21H22N8O2/c1-13(28-12-25-18-14(19(28)30)6-5-8-23-18)7-9-27-11-24-16-15(10-22)26-29(21(2,3)4)17(16)20(27)31/h5-6,8,11-13H,7,9H2,1-4H3. The summed E-state index contributed by atoms with van der Waals surface area (Å²) < 4.78 is 4.60. The molecule has 1 unspecified atom stereocenters. The van der Waals surface area contributed by atoms with Crippen LogP contribution in [0.4, 0.5) is 0 Å². The zero-order valence-electron chi connectivity index (χ0n) is 17.8. The Morgan fingerprint density at radius 1 is 1.13 bits per heavy atom. The Morgan fingerprint density at radius 2 is 1.90 bits per heavy atom. The maximum atomic E-state index is 13.2. The third-order valence-corrected chi connectivity index (χ3v) is 5.21. The number of nitriles is 1. The molecule has 0 aliphatic heterocycles. The molecule has 0 amide bonds. The van der Waals surface area contributed by atoms with E-state index >= 15 is 0 Å². The van der Waals surface area contributed by atoms with E-state index in [1.807, 2.05) is 33.8 Å². The lowest BCUT2D eigenvalue weighted by molar-refractivity contribution is 0.365. The van der Waals surface area contributed by atoms with Gasteiger partial charge in [-0.2, -0.15) is 10.4 Å². The lowest BCUT2D eigenvalue weighted by Crippen LogP contribution is -2.30. The molecule has 0 N–H and O–H groups in total. The summed E-state index contributed by atoms with van der Waals surface area (Å²) in [5, 5.41) is 14.1. The van der Waals surface area contributed by atoms with Crippen LogP contribution >= 0.6 is 0 Å². The van der Waals surface area contributed by atoms with E-state index in [1.165, 1.54) is 17.2 Å². The molecule has 0 aliphatic rings. The van der Waals surface area contributed by atoms with Crippen molar-refractivity contribution in [2.45, 2.75) is 52.2 Å². The van der Waals surface area contributed by atoms with Crippen LogP contribution in [0.1, 0.15) is 45.9 Å². The van der Waals surface area contributed by atoms with Crippen molar-refractivity contribution < 1.29 is 0 Å². The minimum absolute atomic E-state index is 0.130. The highest BCUT2D eigenvalue weighted by atomic mass is 16.1. The van der Waals surface area contributed by atoms with Crippen LogP contribution in [-0.4, -0.2) is 33.9 Å². The summed E-state index contributed by atoms with van der Waals surface area (Å²) in [6.07, 6.45) is 5.02. The number of nitrogens with zero attached hydrogens (tertiary/aromatic N) is 8.